The number of carbonyl (C=O) groups excluding carboxylic acids is 4. The maximum atomic E-state index is 12.9. The molecule has 1 saturated carbocycles. The second kappa shape index (κ2) is 11.7. The Morgan fingerprint density at radius 3 is 1.50 bits per heavy atom. The highest BCUT2D eigenvalue weighted by Gasteiger charge is 2.53. The zero-order valence-electron chi connectivity index (χ0n) is 24.7. The Bertz CT molecular complexity index is 1630. The Hall–Kier alpha value is -5.58. The van der Waals surface area contributed by atoms with Crippen LogP contribution in [0.5, 0.6) is 0 Å². The lowest BCUT2D eigenvalue weighted by Gasteiger charge is -2.31. The number of anilines is 2. The van der Waals surface area contributed by atoms with Crippen LogP contribution in [0, 0.1) is 0 Å². The van der Waals surface area contributed by atoms with Crippen molar-refractivity contribution in [3.8, 4) is 11.4 Å². The van der Waals surface area contributed by atoms with Gasteiger partial charge >= 0.3 is 12.1 Å². The Morgan fingerprint density at radius 1 is 0.587 bits per heavy atom. The van der Waals surface area contributed by atoms with E-state index in [2.05, 4.69) is 47.0 Å². The molecule has 8 rings (SSSR count). The van der Waals surface area contributed by atoms with Gasteiger partial charge in [-0.15, -0.1) is 10.2 Å². The van der Waals surface area contributed by atoms with Gasteiger partial charge in [0.05, 0.1) is 22.7 Å². The number of hydrogen-bond donors (Lipinski definition) is 3. The summed E-state index contributed by atoms with van der Waals surface area (Å²) in [7, 11) is 0. The van der Waals surface area contributed by atoms with Gasteiger partial charge < -0.3 is 16.0 Å². The van der Waals surface area contributed by atoms with E-state index in [-0.39, 0.29) is 23.9 Å². The molecule has 6 amide bonds. The summed E-state index contributed by atoms with van der Waals surface area (Å²) in [4.78, 5) is 53.0. The molecule has 2 spiro atoms. The first-order chi connectivity index (χ1) is 22.4. The van der Waals surface area contributed by atoms with Gasteiger partial charge in [-0.1, -0.05) is 31.4 Å². The molecule has 2 aromatic carbocycles. The third-order valence-electron chi connectivity index (χ3n) is 8.89. The van der Waals surface area contributed by atoms with Crippen LogP contribution in [0.3, 0.4) is 0 Å². The van der Waals surface area contributed by atoms with E-state index in [0.717, 1.165) is 19.3 Å². The maximum Gasteiger partial charge on any atom is 0.329 e. The summed E-state index contributed by atoms with van der Waals surface area (Å²) < 4.78 is 2.96. The van der Waals surface area contributed by atoms with Crippen molar-refractivity contribution in [3.05, 3.63) is 61.2 Å². The molecular formula is C29H31N13O4. The summed E-state index contributed by atoms with van der Waals surface area (Å²) in [6.45, 7) is 1.43. The van der Waals surface area contributed by atoms with E-state index < -0.39 is 11.1 Å². The fourth-order valence-electron chi connectivity index (χ4n) is 6.50. The number of tetrazole rings is 2. The zero-order chi connectivity index (χ0) is 31.7. The van der Waals surface area contributed by atoms with Crippen LogP contribution in [0.2, 0.25) is 0 Å². The number of carbonyl (C=O) groups is 4. The number of nitrogens with zero attached hydrogens (tertiary/aromatic N) is 10. The molecule has 17 heteroatoms. The van der Waals surface area contributed by atoms with Crippen LogP contribution < -0.4 is 25.8 Å². The summed E-state index contributed by atoms with van der Waals surface area (Å²) in [6.07, 6.45) is 8.57. The standard InChI is InChI=1S/C15H16N6O2.C14H15N7O2/c22-13-15(7-2-1-3-8-15)17-14(23)21(13)12-6-4-5-11(9-12)20-10-16-18-19-20;22-12-14(4-6-15-7-5-14)17-13(23)21(12)11-3-1-2-10(8-11)20-9-16-18-19-20/h4-6,9-10H,1-3,7-8H2,(H,17,23);1-3,8-9,15H,4-7H2,(H,17,23). The molecule has 1 aliphatic carbocycles. The van der Waals surface area contributed by atoms with Crippen LogP contribution in [0.1, 0.15) is 44.9 Å². The van der Waals surface area contributed by atoms with Crippen molar-refractivity contribution < 1.29 is 19.2 Å². The molecule has 2 aromatic heterocycles. The fourth-order valence-corrected chi connectivity index (χ4v) is 6.50. The lowest BCUT2D eigenvalue weighted by Crippen LogP contribution is -2.53. The predicted octanol–water partition coefficient (Wildman–Crippen LogP) is 1.26. The van der Waals surface area contributed by atoms with E-state index in [4.69, 9.17) is 0 Å². The highest BCUT2D eigenvalue weighted by atomic mass is 16.2. The van der Waals surface area contributed by atoms with Crippen molar-refractivity contribution in [3.63, 3.8) is 0 Å². The first kappa shape index (κ1) is 29.1. The van der Waals surface area contributed by atoms with Gasteiger partial charge in [-0.05, 0) is 96.0 Å². The summed E-state index contributed by atoms with van der Waals surface area (Å²) in [5.74, 6) is -0.353. The van der Waals surface area contributed by atoms with Gasteiger partial charge in [-0.25, -0.2) is 28.8 Å². The molecule has 4 aromatic rings. The molecule has 0 bridgehead atoms. The van der Waals surface area contributed by atoms with E-state index in [1.54, 1.807) is 42.5 Å². The second-order valence-electron chi connectivity index (χ2n) is 11.7. The highest BCUT2D eigenvalue weighted by molar-refractivity contribution is 6.24. The van der Waals surface area contributed by atoms with Crippen molar-refractivity contribution in [2.75, 3.05) is 22.9 Å². The minimum Gasteiger partial charge on any atom is -0.323 e. The Kier molecular flexibility index (Phi) is 7.44. The van der Waals surface area contributed by atoms with Crippen molar-refractivity contribution in [1.82, 2.24) is 56.4 Å². The smallest absolute Gasteiger partial charge is 0.323 e. The largest absolute Gasteiger partial charge is 0.329 e. The minimum absolute atomic E-state index is 0.156. The van der Waals surface area contributed by atoms with Gasteiger partial charge in [0, 0.05) is 0 Å². The summed E-state index contributed by atoms with van der Waals surface area (Å²) in [5.41, 5.74) is 0.906. The monoisotopic (exact) mass is 625 g/mol. The number of benzene rings is 2. The van der Waals surface area contributed by atoms with E-state index in [1.165, 1.54) is 31.8 Å². The number of imide groups is 2. The van der Waals surface area contributed by atoms with Crippen LogP contribution in [0.25, 0.3) is 11.4 Å². The van der Waals surface area contributed by atoms with Crippen molar-refractivity contribution in [2.45, 2.75) is 56.0 Å². The lowest BCUT2D eigenvalue weighted by molar-refractivity contribution is -0.123. The number of hydrogen-bond acceptors (Lipinski definition) is 11. The molecule has 17 nitrogen and oxygen atoms in total. The average Bonchev–Trinajstić information content (AvgIpc) is 3.88. The molecule has 3 saturated heterocycles. The van der Waals surface area contributed by atoms with Crippen LogP contribution in [0.4, 0.5) is 21.0 Å². The third kappa shape index (κ3) is 5.13. The molecule has 0 unspecified atom stereocenters. The molecule has 236 valence electrons. The number of rotatable bonds is 4. The number of piperidine rings is 1. The lowest BCUT2D eigenvalue weighted by atomic mass is 9.82. The topological polar surface area (TPSA) is 198 Å². The van der Waals surface area contributed by atoms with Gasteiger partial charge in [0.15, 0.2) is 0 Å². The van der Waals surface area contributed by atoms with Gasteiger partial charge in [0.1, 0.15) is 23.7 Å². The molecule has 3 aliphatic heterocycles. The number of nitrogens with one attached hydrogen (secondary N) is 3. The summed E-state index contributed by atoms with van der Waals surface area (Å²) in [6, 6.07) is 13.3. The van der Waals surface area contributed by atoms with Gasteiger partial charge in [0.25, 0.3) is 11.8 Å². The molecule has 46 heavy (non-hydrogen) atoms. The quantitative estimate of drug-likeness (QED) is 0.276. The van der Waals surface area contributed by atoms with Crippen LogP contribution in [-0.4, -0.2) is 88.5 Å². The first-order valence-electron chi connectivity index (χ1n) is 15.1. The van der Waals surface area contributed by atoms with Gasteiger partial charge in [-0.3, -0.25) is 9.59 Å². The summed E-state index contributed by atoms with van der Waals surface area (Å²) >= 11 is 0. The van der Waals surface area contributed by atoms with Crippen molar-refractivity contribution in [2.24, 2.45) is 0 Å². The zero-order valence-corrected chi connectivity index (χ0v) is 24.7. The summed E-state index contributed by atoms with van der Waals surface area (Å²) in [5, 5.41) is 31.0. The van der Waals surface area contributed by atoms with Crippen molar-refractivity contribution in [1.29, 1.82) is 0 Å². The average molecular weight is 626 g/mol. The van der Waals surface area contributed by atoms with E-state index >= 15 is 0 Å². The van der Waals surface area contributed by atoms with Gasteiger partial charge in [-0.2, -0.15) is 0 Å². The van der Waals surface area contributed by atoms with E-state index in [9.17, 15) is 19.2 Å². The Labute approximate surface area is 262 Å². The van der Waals surface area contributed by atoms with Crippen LogP contribution in [-0.2, 0) is 9.59 Å². The third-order valence-corrected chi connectivity index (χ3v) is 8.89. The number of aromatic nitrogens is 8. The van der Waals surface area contributed by atoms with E-state index in [1.807, 2.05) is 6.07 Å². The SMILES string of the molecule is O=C1NC2(CCCCC2)C(=O)N1c1cccc(-n2cnnn2)c1.O=C1NC2(CCNCC2)C(=O)N1c1cccc(-n2cnnn2)c1. The second-order valence-corrected chi connectivity index (χ2v) is 11.7. The maximum absolute atomic E-state index is 12.9. The molecule has 3 N–H and O–H groups in total. The highest BCUT2D eigenvalue weighted by Crippen LogP contribution is 2.36. The van der Waals surface area contributed by atoms with Crippen LogP contribution in [0.15, 0.2) is 61.2 Å². The normalized spacial score (nSPS) is 20.1. The number of amides is 6. The molecule has 5 heterocycles. The molecule has 0 atom stereocenters. The molecule has 4 fully saturated rings. The molecular weight excluding hydrogens is 594 g/mol. The van der Waals surface area contributed by atoms with E-state index in [0.29, 0.717) is 61.5 Å². The van der Waals surface area contributed by atoms with Crippen LogP contribution >= 0.6 is 0 Å². The van der Waals surface area contributed by atoms with Crippen molar-refractivity contribution >= 4 is 35.3 Å². The number of urea groups is 2. The minimum atomic E-state index is -0.785. The fraction of sp³-hybridized carbons (Fsp3) is 0.379. The Morgan fingerprint density at radius 2 is 1.04 bits per heavy atom. The van der Waals surface area contributed by atoms with Gasteiger partial charge in [0.2, 0.25) is 0 Å². The first-order valence-corrected chi connectivity index (χ1v) is 15.1. The predicted molar refractivity (Wildman–Crippen MR) is 161 cm³/mol. The molecule has 0 radical (unpaired) electrons. The molecule has 4 aliphatic rings. The Balaban J connectivity index is 0.000000147.